The lowest BCUT2D eigenvalue weighted by molar-refractivity contribution is 0.0497. The Hall–Kier alpha value is -1.34. The summed E-state index contributed by atoms with van der Waals surface area (Å²) >= 11 is 0. The number of aliphatic hydroxyl groups is 1. The molecule has 2 aliphatic heterocycles. The first-order valence-corrected chi connectivity index (χ1v) is 10.5. The average Bonchev–Trinajstić information content (AvgIpc) is 3.01. The van der Waals surface area contributed by atoms with E-state index in [0.717, 1.165) is 56.3 Å². The molecule has 0 aliphatic carbocycles. The minimum absolute atomic E-state index is 0.220. The molecule has 0 bridgehead atoms. The number of β-amino-alcohol motifs (C(OH)–C–C–N with tert-alkyl or cyclic N) is 1. The first-order valence-electron chi connectivity index (χ1n) is 10.5. The third-order valence-electron chi connectivity index (χ3n) is 6.20. The third kappa shape index (κ3) is 5.60. The zero-order chi connectivity index (χ0) is 20.1. The predicted octanol–water partition coefficient (Wildman–Crippen LogP) is 2.06. The molecule has 0 unspecified atom stereocenters. The van der Waals surface area contributed by atoms with Gasteiger partial charge >= 0.3 is 0 Å². The van der Waals surface area contributed by atoms with Crippen LogP contribution in [0.4, 0.5) is 0 Å². The molecule has 0 aromatic heterocycles. The van der Waals surface area contributed by atoms with E-state index in [4.69, 9.17) is 9.47 Å². The zero-order valence-corrected chi connectivity index (χ0v) is 18.0. The number of nitrogens with zero attached hydrogens (tertiary/aromatic N) is 3. The van der Waals surface area contributed by atoms with E-state index in [1.807, 2.05) is 12.1 Å². The quantitative estimate of drug-likeness (QED) is 0.732. The Bertz CT molecular complexity index is 629. The molecule has 2 fully saturated rings. The van der Waals surface area contributed by atoms with Crippen molar-refractivity contribution in [1.29, 1.82) is 0 Å². The first kappa shape index (κ1) is 21.4. The number of hydrogen-bond acceptors (Lipinski definition) is 6. The molecule has 1 aromatic carbocycles. The summed E-state index contributed by atoms with van der Waals surface area (Å²) in [4.78, 5) is 7.15. The molecule has 0 amide bonds. The van der Waals surface area contributed by atoms with Crippen LogP contribution in [-0.4, -0.2) is 91.5 Å². The van der Waals surface area contributed by atoms with Crippen molar-refractivity contribution in [3.8, 4) is 11.5 Å². The van der Waals surface area contributed by atoms with Gasteiger partial charge in [-0.1, -0.05) is 6.07 Å². The summed E-state index contributed by atoms with van der Waals surface area (Å²) in [6.07, 6.45) is 1.97. The van der Waals surface area contributed by atoms with Crippen molar-refractivity contribution in [1.82, 2.24) is 14.7 Å². The van der Waals surface area contributed by atoms with Crippen LogP contribution in [0.3, 0.4) is 0 Å². The van der Waals surface area contributed by atoms with Crippen LogP contribution in [0.25, 0.3) is 0 Å². The summed E-state index contributed by atoms with van der Waals surface area (Å²) in [5.41, 5.74) is 1.38. The highest BCUT2D eigenvalue weighted by Crippen LogP contribution is 2.33. The minimum atomic E-state index is -0.495. The summed E-state index contributed by atoms with van der Waals surface area (Å²) in [5, 5.41) is 10.5. The Balaban J connectivity index is 1.59. The number of likely N-dealkylation sites (N-methyl/N-ethyl adjacent to an activating group) is 1. The van der Waals surface area contributed by atoms with Crippen LogP contribution in [0.15, 0.2) is 18.2 Å². The molecular formula is C22H37N3O3. The van der Waals surface area contributed by atoms with E-state index in [9.17, 15) is 5.11 Å². The van der Waals surface area contributed by atoms with Crippen LogP contribution < -0.4 is 9.47 Å². The van der Waals surface area contributed by atoms with E-state index in [2.05, 4.69) is 41.7 Å². The van der Waals surface area contributed by atoms with Crippen LogP contribution in [0.1, 0.15) is 32.3 Å². The molecule has 6 heteroatoms. The Morgan fingerprint density at radius 3 is 2.54 bits per heavy atom. The standard InChI is InChI=1S/C22H37N3O3/c1-22(2)8-5-9-25(22)15-18-6-7-20(27-4)14-21(18)28-17-19(26)16-24-12-10-23(3)11-13-24/h6-7,14,19,26H,5,8-13,15-17H2,1-4H3/t19-/m1/s1. The SMILES string of the molecule is COc1ccc(CN2CCCC2(C)C)c(OC[C@H](O)CN2CCN(C)CC2)c1. The Morgan fingerprint density at radius 1 is 1.14 bits per heavy atom. The Labute approximate surface area is 170 Å². The van der Waals surface area contributed by atoms with E-state index in [0.29, 0.717) is 13.2 Å². The second-order valence-electron chi connectivity index (χ2n) is 8.88. The maximum Gasteiger partial charge on any atom is 0.127 e. The number of hydrogen-bond donors (Lipinski definition) is 1. The van der Waals surface area contributed by atoms with E-state index in [-0.39, 0.29) is 5.54 Å². The van der Waals surface area contributed by atoms with Crippen LogP contribution in [0.2, 0.25) is 0 Å². The topological polar surface area (TPSA) is 48.4 Å². The van der Waals surface area contributed by atoms with Crippen LogP contribution in [-0.2, 0) is 6.54 Å². The highest BCUT2D eigenvalue weighted by atomic mass is 16.5. The first-order chi connectivity index (χ1) is 13.4. The number of rotatable bonds is 8. The van der Waals surface area contributed by atoms with Crippen molar-refractivity contribution >= 4 is 0 Å². The maximum atomic E-state index is 10.5. The third-order valence-corrected chi connectivity index (χ3v) is 6.20. The Morgan fingerprint density at radius 2 is 1.89 bits per heavy atom. The summed E-state index contributed by atoms with van der Waals surface area (Å²) < 4.78 is 11.5. The van der Waals surface area contributed by atoms with Gasteiger partial charge < -0.3 is 19.5 Å². The number of aliphatic hydroxyl groups excluding tert-OH is 1. The molecule has 0 saturated carbocycles. The minimum Gasteiger partial charge on any atom is -0.497 e. The highest BCUT2D eigenvalue weighted by Gasteiger charge is 2.32. The van der Waals surface area contributed by atoms with Gasteiger partial charge in [0.15, 0.2) is 0 Å². The largest absolute Gasteiger partial charge is 0.497 e. The number of methoxy groups -OCH3 is 1. The molecule has 1 aromatic rings. The van der Waals surface area contributed by atoms with Gasteiger partial charge in [-0.3, -0.25) is 9.80 Å². The monoisotopic (exact) mass is 391 g/mol. The molecular weight excluding hydrogens is 354 g/mol. The van der Waals surface area contributed by atoms with Gasteiger partial charge in [0.05, 0.1) is 7.11 Å². The summed E-state index contributed by atoms with van der Waals surface area (Å²) in [7, 11) is 3.81. The molecule has 2 saturated heterocycles. The van der Waals surface area contributed by atoms with E-state index in [1.54, 1.807) is 7.11 Å². The number of piperazine rings is 1. The van der Waals surface area contributed by atoms with Gasteiger partial charge in [0.1, 0.15) is 24.2 Å². The van der Waals surface area contributed by atoms with E-state index >= 15 is 0 Å². The number of benzene rings is 1. The van der Waals surface area contributed by atoms with Crippen LogP contribution in [0.5, 0.6) is 11.5 Å². The van der Waals surface area contributed by atoms with Crippen molar-refractivity contribution in [2.45, 2.75) is 44.9 Å². The molecule has 28 heavy (non-hydrogen) atoms. The molecule has 2 aliphatic rings. The summed E-state index contributed by atoms with van der Waals surface area (Å²) in [6.45, 7) is 11.7. The fraction of sp³-hybridized carbons (Fsp3) is 0.727. The summed E-state index contributed by atoms with van der Waals surface area (Å²) in [5.74, 6) is 1.60. The lowest BCUT2D eigenvalue weighted by Gasteiger charge is -2.33. The summed E-state index contributed by atoms with van der Waals surface area (Å²) in [6, 6.07) is 6.03. The van der Waals surface area contributed by atoms with Crippen molar-refractivity contribution < 1.29 is 14.6 Å². The van der Waals surface area contributed by atoms with Gasteiger partial charge in [0, 0.05) is 56.4 Å². The van der Waals surface area contributed by atoms with Crippen molar-refractivity contribution in [3.63, 3.8) is 0 Å². The predicted molar refractivity (Wildman–Crippen MR) is 112 cm³/mol. The van der Waals surface area contributed by atoms with Gasteiger partial charge in [-0.25, -0.2) is 0 Å². The van der Waals surface area contributed by atoms with Crippen molar-refractivity contribution in [3.05, 3.63) is 23.8 Å². The highest BCUT2D eigenvalue weighted by molar-refractivity contribution is 5.41. The van der Waals surface area contributed by atoms with Gasteiger partial charge in [0.2, 0.25) is 0 Å². The second kappa shape index (κ2) is 9.44. The molecule has 158 valence electrons. The van der Waals surface area contributed by atoms with Gasteiger partial charge in [0.25, 0.3) is 0 Å². The lowest BCUT2D eigenvalue weighted by Crippen LogP contribution is -2.47. The van der Waals surface area contributed by atoms with Crippen molar-refractivity contribution in [2.24, 2.45) is 0 Å². The van der Waals surface area contributed by atoms with E-state index in [1.165, 1.54) is 12.8 Å². The van der Waals surface area contributed by atoms with Crippen LogP contribution in [0, 0.1) is 0 Å². The molecule has 3 rings (SSSR count). The maximum absolute atomic E-state index is 10.5. The number of likely N-dealkylation sites (tertiary alicyclic amines) is 1. The molecule has 1 atom stereocenters. The zero-order valence-electron chi connectivity index (χ0n) is 18.0. The molecule has 6 nitrogen and oxygen atoms in total. The molecule has 1 N–H and O–H groups in total. The van der Waals surface area contributed by atoms with E-state index < -0.39 is 6.10 Å². The smallest absolute Gasteiger partial charge is 0.127 e. The van der Waals surface area contributed by atoms with Crippen LogP contribution >= 0.6 is 0 Å². The van der Waals surface area contributed by atoms with Gasteiger partial charge in [-0.05, 0) is 46.3 Å². The average molecular weight is 392 g/mol. The fourth-order valence-corrected chi connectivity index (χ4v) is 4.16. The van der Waals surface area contributed by atoms with Gasteiger partial charge in [-0.15, -0.1) is 0 Å². The normalized spacial score (nSPS) is 22.3. The molecule has 0 spiro atoms. The van der Waals surface area contributed by atoms with Crippen molar-refractivity contribution in [2.75, 3.05) is 60.0 Å². The van der Waals surface area contributed by atoms with Gasteiger partial charge in [-0.2, -0.15) is 0 Å². The molecule has 2 heterocycles. The Kier molecular flexibility index (Phi) is 7.20. The molecule has 0 radical (unpaired) electrons. The number of ether oxygens (including phenoxy) is 2. The lowest BCUT2D eigenvalue weighted by atomic mass is 10.0. The fourth-order valence-electron chi connectivity index (χ4n) is 4.16. The second-order valence-corrected chi connectivity index (χ2v) is 8.88.